The van der Waals surface area contributed by atoms with Crippen LogP contribution in [-0.2, 0) is 30.0 Å². The highest BCUT2D eigenvalue weighted by Crippen LogP contribution is 2.39. The Hall–Kier alpha value is -1.83. The van der Waals surface area contributed by atoms with Crippen molar-refractivity contribution in [3.05, 3.63) is 71.8 Å². The molecule has 6 heteroatoms. The Labute approximate surface area is 186 Å². The zero-order chi connectivity index (χ0) is 22.5. The fourth-order valence-electron chi connectivity index (χ4n) is 3.26. The van der Waals surface area contributed by atoms with Crippen LogP contribution in [0.3, 0.4) is 0 Å². The third-order valence-corrected chi connectivity index (χ3v) is 10.6. The number of benzene rings is 2. The number of carbonyl (C=O) groups is 1. The maximum atomic E-state index is 12.1. The minimum absolute atomic E-state index is 0.0232. The van der Waals surface area contributed by atoms with Crippen molar-refractivity contribution in [2.45, 2.75) is 70.1 Å². The van der Waals surface area contributed by atoms with Gasteiger partial charge in [0, 0.05) is 5.56 Å². The van der Waals surface area contributed by atoms with Gasteiger partial charge in [-0.3, -0.25) is 0 Å². The van der Waals surface area contributed by atoms with Crippen LogP contribution in [0.25, 0.3) is 0 Å². The van der Waals surface area contributed by atoms with Gasteiger partial charge in [0.15, 0.2) is 20.9 Å². The smallest absolute Gasteiger partial charge is 0.192 e. The average Bonchev–Trinajstić information content (AvgIpc) is 2.75. The van der Waals surface area contributed by atoms with Gasteiger partial charge in [-0.25, -0.2) is 0 Å². The second-order valence-corrected chi connectivity index (χ2v) is 14.2. The van der Waals surface area contributed by atoms with Crippen LogP contribution in [0.15, 0.2) is 60.7 Å². The predicted molar refractivity (Wildman–Crippen MR) is 123 cm³/mol. The van der Waals surface area contributed by atoms with Gasteiger partial charge in [0.2, 0.25) is 0 Å². The van der Waals surface area contributed by atoms with Crippen LogP contribution < -0.4 is 0 Å². The largest absolute Gasteiger partial charge is 0.409 e. The number of ether oxygens (including phenoxy) is 3. The van der Waals surface area contributed by atoms with Crippen LogP contribution in [-0.4, -0.2) is 39.5 Å². The normalized spacial score (nSPS) is 23.3. The van der Waals surface area contributed by atoms with Gasteiger partial charge in [0.25, 0.3) is 0 Å². The molecule has 4 atom stereocenters. The van der Waals surface area contributed by atoms with E-state index in [9.17, 15) is 4.79 Å². The van der Waals surface area contributed by atoms with Gasteiger partial charge in [0.05, 0.1) is 19.3 Å². The Balaban J connectivity index is 1.80. The first-order chi connectivity index (χ1) is 14.7. The lowest BCUT2D eigenvalue weighted by Crippen LogP contribution is -2.55. The lowest BCUT2D eigenvalue weighted by molar-refractivity contribution is -0.273. The van der Waals surface area contributed by atoms with Gasteiger partial charge in [0.1, 0.15) is 12.2 Å². The summed E-state index contributed by atoms with van der Waals surface area (Å²) in [6, 6.07) is 19.6. The molecule has 1 aliphatic heterocycles. The van der Waals surface area contributed by atoms with Crippen LogP contribution in [0.1, 0.15) is 38.2 Å². The highest BCUT2D eigenvalue weighted by Gasteiger charge is 2.45. The van der Waals surface area contributed by atoms with E-state index < -0.39 is 26.8 Å². The van der Waals surface area contributed by atoms with Crippen molar-refractivity contribution in [3.8, 4) is 0 Å². The fraction of sp³-hybridized carbons (Fsp3) is 0.480. The van der Waals surface area contributed by atoms with Crippen molar-refractivity contribution < 1.29 is 23.4 Å². The van der Waals surface area contributed by atoms with Crippen molar-refractivity contribution in [2.24, 2.45) is 0 Å². The second-order valence-electron chi connectivity index (χ2n) is 9.49. The van der Waals surface area contributed by atoms with Gasteiger partial charge in [-0.2, -0.15) is 0 Å². The molecular weight excluding hydrogens is 408 g/mol. The Bertz CT molecular complexity index is 819. The Morgan fingerprint density at radius 2 is 1.68 bits per heavy atom. The fourth-order valence-corrected chi connectivity index (χ4v) is 4.57. The van der Waals surface area contributed by atoms with E-state index in [2.05, 4.69) is 33.9 Å². The molecule has 0 amide bonds. The van der Waals surface area contributed by atoms with Crippen molar-refractivity contribution in [3.63, 3.8) is 0 Å². The summed E-state index contributed by atoms with van der Waals surface area (Å²) in [5.41, 5.74) is 1.91. The molecule has 0 N–H and O–H groups in total. The molecule has 2 aromatic rings. The van der Waals surface area contributed by atoms with Crippen LogP contribution >= 0.6 is 0 Å². The molecule has 0 saturated carbocycles. The van der Waals surface area contributed by atoms with Crippen LogP contribution in [0.4, 0.5) is 0 Å². The van der Waals surface area contributed by atoms with Gasteiger partial charge in [-0.05, 0) is 23.7 Å². The zero-order valence-electron chi connectivity index (χ0n) is 19.1. The molecule has 0 radical (unpaired) electrons. The van der Waals surface area contributed by atoms with Crippen LogP contribution in [0.2, 0.25) is 18.1 Å². The van der Waals surface area contributed by atoms with E-state index in [0.717, 1.165) is 17.4 Å². The molecule has 0 unspecified atom stereocenters. The summed E-state index contributed by atoms with van der Waals surface area (Å²) in [6.07, 6.45) is -1.44. The van der Waals surface area contributed by atoms with E-state index in [1.54, 1.807) is 0 Å². The van der Waals surface area contributed by atoms with Gasteiger partial charge in [-0.1, -0.05) is 81.4 Å². The molecule has 0 spiro atoms. The van der Waals surface area contributed by atoms with Gasteiger partial charge in [-0.15, -0.1) is 0 Å². The van der Waals surface area contributed by atoms with Crippen molar-refractivity contribution in [2.75, 3.05) is 6.61 Å². The quantitative estimate of drug-likeness (QED) is 0.411. The SMILES string of the molecule is CC(C)(C)[Si](C)(C)O[C@@H]1CO[C@@H](c2ccccc2)O[C@H]1[C@@H](C=O)OCc1ccccc1. The van der Waals surface area contributed by atoms with Gasteiger partial charge >= 0.3 is 0 Å². The monoisotopic (exact) mass is 442 g/mol. The molecule has 1 heterocycles. The maximum Gasteiger partial charge on any atom is 0.192 e. The first-order valence-corrected chi connectivity index (χ1v) is 13.7. The lowest BCUT2D eigenvalue weighted by Gasteiger charge is -2.45. The number of rotatable bonds is 8. The number of hydrogen-bond donors (Lipinski definition) is 0. The molecule has 3 rings (SSSR count). The van der Waals surface area contributed by atoms with E-state index in [-0.39, 0.29) is 11.1 Å². The van der Waals surface area contributed by atoms with Crippen molar-refractivity contribution in [1.82, 2.24) is 0 Å². The molecule has 2 aromatic carbocycles. The predicted octanol–water partition coefficient (Wildman–Crippen LogP) is 5.28. The third kappa shape index (κ3) is 6.11. The first-order valence-electron chi connectivity index (χ1n) is 10.8. The Morgan fingerprint density at radius 3 is 2.26 bits per heavy atom. The van der Waals surface area contributed by atoms with E-state index in [0.29, 0.717) is 13.2 Å². The standard InChI is InChI=1S/C25H34O5Si/c1-25(2,3)31(4,5)30-22-18-28-24(20-14-10-7-11-15-20)29-23(22)21(16-26)27-17-19-12-8-6-9-13-19/h6-16,21-24H,17-18H2,1-5H3/t21-,22-,23+,24-/m1/s1. The summed E-state index contributed by atoms with van der Waals surface area (Å²) in [5, 5.41) is 0.0232. The van der Waals surface area contributed by atoms with Crippen LogP contribution in [0.5, 0.6) is 0 Å². The summed E-state index contributed by atoms with van der Waals surface area (Å²) in [7, 11) is -2.11. The van der Waals surface area contributed by atoms with E-state index in [1.165, 1.54) is 0 Å². The summed E-state index contributed by atoms with van der Waals surface area (Å²) in [6.45, 7) is 11.6. The summed E-state index contributed by atoms with van der Waals surface area (Å²) in [4.78, 5) is 12.1. The van der Waals surface area contributed by atoms with Crippen LogP contribution in [0, 0.1) is 0 Å². The molecule has 0 bridgehead atoms. The van der Waals surface area contributed by atoms with E-state index in [4.69, 9.17) is 18.6 Å². The lowest BCUT2D eigenvalue weighted by atomic mass is 10.1. The second kappa shape index (κ2) is 10.2. The molecule has 1 aliphatic rings. The maximum absolute atomic E-state index is 12.1. The highest BCUT2D eigenvalue weighted by molar-refractivity contribution is 6.74. The molecule has 5 nitrogen and oxygen atoms in total. The minimum atomic E-state index is -2.11. The van der Waals surface area contributed by atoms with E-state index >= 15 is 0 Å². The Kier molecular flexibility index (Phi) is 7.83. The summed E-state index contributed by atoms with van der Waals surface area (Å²) < 4.78 is 25.0. The minimum Gasteiger partial charge on any atom is -0.409 e. The highest BCUT2D eigenvalue weighted by atomic mass is 28.4. The van der Waals surface area contributed by atoms with E-state index in [1.807, 2.05) is 60.7 Å². The molecule has 31 heavy (non-hydrogen) atoms. The van der Waals surface area contributed by atoms with Gasteiger partial charge < -0.3 is 23.4 Å². The average molecular weight is 443 g/mol. The number of hydrogen-bond acceptors (Lipinski definition) is 5. The summed E-state index contributed by atoms with van der Waals surface area (Å²) in [5.74, 6) is 0. The zero-order valence-corrected chi connectivity index (χ0v) is 20.1. The topological polar surface area (TPSA) is 54.0 Å². The number of carbonyl (C=O) groups excluding carboxylic acids is 1. The molecule has 0 aliphatic carbocycles. The first kappa shape index (κ1) is 23.8. The molecule has 1 fully saturated rings. The summed E-state index contributed by atoms with van der Waals surface area (Å²) >= 11 is 0. The number of aldehydes is 1. The van der Waals surface area contributed by atoms with Crippen molar-refractivity contribution in [1.29, 1.82) is 0 Å². The van der Waals surface area contributed by atoms with Crippen molar-refractivity contribution >= 4 is 14.6 Å². The Morgan fingerprint density at radius 1 is 1.06 bits per heavy atom. The third-order valence-electron chi connectivity index (χ3n) is 6.13. The molecular formula is C25H34O5Si. The molecule has 0 aromatic heterocycles. The molecule has 168 valence electrons. The molecule has 1 saturated heterocycles.